The number of piperidine rings is 1. The van der Waals surface area contributed by atoms with E-state index < -0.39 is 0 Å². The summed E-state index contributed by atoms with van der Waals surface area (Å²) in [5, 5.41) is 2.94. The average molecular weight is 322 g/mol. The van der Waals surface area contributed by atoms with Crippen LogP contribution < -0.4 is 5.32 Å². The molecule has 1 atom stereocenters. The Kier molecular flexibility index (Phi) is 4.94. The zero-order valence-electron chi connectivity index (χ0n) is 13.9. The van der Waals surface area contributed by atoms with E-state index in [1.165, 1.54) is 0 Å². The zero-order valence-corrected chi connectivity index (χ0v) is 13.9. The smallest absolute Gasteiger partial charge is 0.253 e. The van der Waals surface area contributed by atoms with E-state index in [4.69, 9.17) is 0 Å². The van der Waals surface area contributed by atoms with Crippen molar-refractivity contribution < 1.29 is 9.59 Å². The maximum atomic E-state index is 12.7. The van der Waals surface area contributed by atoms with Crippen LogP contribution in [0, 0.1) is 12.8 Å². The molecule has 2 aromatic carbocycles. The fourth-order valence-electron chi connectivity index (χ4n) is 3.10. The fourth-order valence-corrected chi connectivity index (χ4v) is 3.10. The number of hydrogen-bond acceptors (Lipinski definition) is 2. The second-order valence-electron chi connectivity index (χ2n) is 6.32. The lowest BCUT2D eigenvalue weighted by molar-refractivity contribution is -0.121. The molecule has 0 aliphatic carbocycles. The Morgan fingerprint density at radius 1 is 1.08 bits per heavy atom. The van der Waals surface area contributed by atoms with Gasteiger partial charge in [0, 0.05) is 24.3 Å². The van der Waals surface area contributed by atoms with Gasteiger partial charge >= 0.3 is 0 Å². The van der Waals surface area contributed by atoms with Crippen LogP contribution in [-0.2, 0) is 4.79 Å². The predicted molar refractivity (Wildman–Crippen MR) is 94.9 cm³/mol. The first kappa shape index (κ1) is 16.2. The first-order valence-electron chi connectivity index (χ1n) is 8.35. The molecule has 0 unspecified atom stereocenters. The van der Waals surface area contributed by atoms with Gasteiger partial charge in [-0.05, 0) is 44.0 Å². The van der Waals surface area contributed by atoms with Crippen LogP contribution in [0.25, 0.3) is 0 Å². The Labute approximate surface area is 142 Å². The minimum atomic E-state index is -0.160. The van der Waals surface area contributed by atoms with Crippen LogP contribution in [0.15, 0.2) is 54.6 Å². The molecule has 0 radical (unpaired) electrons. The lowest BCUT2D eigenvalue weighted by Crippen LogP contribution is -2.43. The van der Waals surface area contributed by atoms with Crippen LogP contribution in [0.5, 0.6) is 0 Å². The average Bonchev–Trinajstić information content (AvgIpc) is 2.62. The van der Waals surface area contributed by atoms with Crippen molar-refractivity contribution in [1.29, 1.82) is 0 Å². The maximum Gasteiger partial charge on any atom is 0.253 e. The third-order valence-electron chi connectivity index (χ3n) is 4.39. The molecular weight excluding hydrogens is 300 g/mol. The molecule has 1 heterocycles. The molecule has 124 valence electrons. The summed E-state index contributed by atoms with van der Waals surface area (Å²) in [5.74, 6) is -0.161. The minimum absolute atomic E-state index is 0.0101. The van der Waals surface area contributed by atoms with Gasteiger partial charge in [0.15, 0.2) is 0 Å². The van der Waals surface area contributed by atoms with Gasteiger partial charge in [-0.25, -0.2) is 0 Å². The molecule has 4 heteroatoms. The van der Waals surface area contributed by atoms with Crippen molar-refractivity contribution in [2.75, 3.05) is 18.4 Å². The highest BCUT2D eigenvalue weighted by Gasteiger charge is 2.29. The number of nitrogens with zero attached hydrogens (tertiary/aromatic N) is 1. The Morgan fingerprint density at radius 3 is 2.62 bits per heavy atom. The van der Waals surface area contributed by atoms with Crippen LogP contribution in [-0.4, -0.2) is 29.8 Å². The quantitative estimate of drug-likeness (QED) is 0.940. The first-order chi connectivity index (χ1) is 11.6. The summed E-state index contributed by atoms with van der Waals surface area (Å²) in [6.07, 6.45) is 1.67. The number of amides is 2. The van der Waals surface area contributed by atoms with Gasteiger partial charge < -0.3 is 10.2 Å². The third-order valence-corrected chi connectivity index (χ3v) is 4.39. The molecule has 0 saturated carbocycles. The van der Waals surface area contributed by atoms with Gasteiger partial charge in [-0.3, -0.25) is 9.59 Å². The number of rotatable bonds is 3. The number of benzene rings is 2. The van der Waals surface area contributed by atoms with Crippen molar-refractivity contribution >= 4 is 17.5 Å². The third kappa shape index (κ3) is 3.82. The molecule has 1 aliphatic rings. The molecule has 2 amide bonds. The van der Waals surface area contributed by atoms with Gasteiger partial charge in [0.1, 0.15) is 0 Å². The number of likely N-dealkylation sites (tertiary alicyclic amines) is 1. The van der Waals surface area contributed by atoms with Crippen LogP contribution in [0.2, 0.25) is 0 Å². The van der Waals surface area contributed by atoms with E-state index in [9.17, 15) is 9.59 Å². The van der Waals surface area contributed by atoms with E-state index in [1.807, 2.05) is 61.5 Å². The van der Waals surface area contributed by atoms with E-state index in [0.717, 1.165) is 24.1 Å². The monoisotopic (exact) mass is 322 g/mol. The van der Waals surface area contributed by atoms with Crippen LogP contribution >= 0.6 is 0 Å². The van der Waals surface area contributed by atoms with Gasteiger partial charge in [0.25, 0.3) is 5.91 Å². The summed E-state index contributed by atoms with van der Waals surface area (Å²) in [6.45, 7) is 3.16. The number of carbonyl (C=O) groups is 2. The largest absolute Gasteiger partial charge is 0.338 e. The molecule has 1 N–H and O–H groups in total. The number of aryl methyl sites for hydroxylation is 1. The lowest BCUT2D eigenvalue weighted by Gasteiger charge is -2.32. The summed E-state index contributed by atoms with van der Waals surface area (Å²) in [5.41, 5.74) is 2.56. The minimum Gasteiger partial charge on any atom is -0.338 e. The van der Waals surface area contributed by atoms with Gasteiger partial charge in [-0.2, -0.15) is 0 Å². The highest BCUT2D eigenvalue weighted by Crippen LogP contribution is 2.21. The Hall–Kier alpha value is -2.62. The van der Waals surface area contributed by atoms with Crippen LogP contribution in [0.4, 0.5) is 5.69 Å². The summed E-state index contributed by atoms with van der Waals surface area (Å²) in [7, 11) is 0. The molecule has 0 spiro atoms. The zero-order chi connectivity index (χ0) is 16.9. The lowest BCUT2D eigenvalue weighted by atomic mass is 9.96. The molecule has 24 heavy (non-hydrogen) atoms. The van der Waals surface area contributed by atoms with Crippen molar-refractivity contribution in [3.05, 3.63) is 65.7 Å². The van der Waals surface area contributed by atoms with E-state index >= 15 is 0 Å². The number of carbonyl (C=O) groups excluding carboxylic acids is 2. The SMILES string of the molecule is Cc1cccc(C(=O)N2CCC[C@@H](C(=O)Nc3ccccc3)C2)c1. The molecule has 1 saturated heterocycles. The second kappa shape index (κ2) is 7.30. The normalized spacial score (nSPS) is 17.4. The molecule has 1 fully saturated rings. The van der Waals surface area contributed by atoms with Gasteiger partial charge in [0.2, 0.25) is 5.91 Å². The van der Waals surface area contributed by atoms with E-state index in [-0.39, 0.29) is 17.7 Å². The molecule has 0 bridgehead atoms. The number of hydrogen-bond donors (Lipinski definition) is 1. The molecule has 2 aromatic rings. The van der Waals surface area contributed by atoms with Crippen molar-refractivity contribution in [2.45, 2.75) is 19.8 Å². The first-order valence-corrected chi connectivity index (χ1v) is 8.35. The highest BCUT2D eigenvalue weighted by atomic mass is 16.2. The number of anilines is 1. The molecule has 1 aliphatic heterocycles. The van der Waals surface area contributed by atoms with Crippen molar-refractivity contribution in [3.8, 4) is 0 Å². The van der Waals surface area contributed by atoms with Crippen molar-refractivity contribution in [2.24, 2.45) is 5.92 Å². The van der Waals surface area contributed by atoms with E-state index in [2.05, 4.69) is 5.32 Å². The van der Waals surface area contributed by atoms with E-state index in [1.54, 1.807) is 4.90 Å². The van der Waals surface area contributed by atoms with Crippen molar-refractivity contribution in [3.63, 3.8) is 0 Å². The topological polar surface area (TPSA) is 49.4 Å². The molecule has 4 nitrogen and oxygen atoms in total. The molecule has 3 rings (SSSR count). The highest BCUT2D eigenvalue weighted by molar-refractivity contribution is 5.96. The second-order valence-corrected chi connectivity index (χ2v) is 6.32. The predicted octanol–water partition coefficient (Wildman–Crippen LogP) is 3.49. The number of para-hydroxylation sites is 1. The summed E-state index contributed by atoms with van der Waals surface area (Å²) >= 11 is 0. The standard InChI is InChI=1S/C20H22N2O2/c1-15-7-5-8-16(13-15)20(24)22-12-6-9-17(14-22)19(23)21-18-10-3-2-4-11-18/h2-5,7-8,10-11,13,17H,6,9,12,14H2,1H3,(H,21,23)/t17-/m1/s1. The van der Waals surface area contributed by atoms with Gasteiger partial charge in [-0.1, -0.05) is 35.9 Å². The molecular formula is C20H22N2O2. The Balaban J connectivity index is 1.65. The van der Waals surface area contributed by atoms with Gasteiger partial charge in [-0.15, -0.1) is 0 Å². The molecule has 0 aromatic heterocycles. The Morgan fingerprint density at radius 2 is 1.88 bits per heavy atom. The Bertz CT molecular complexity index is 727. The maximum absolute atomic E-state index is 12.7. The van der Waals surface area contributed by atoms with Crippen LogP contribution in [0.1, 0.15) is 28.8 Å². The van der Waals surface area contributed by atoms with Gasteiger partial charge in [0.05, 0.1) is 5.92 Å². The summed E-state index contributed by atoms with van der Waals surface area (Å²) in [6, 6.07) is 17.0. The van der Waals surface area contributed by atoms with Crippen molar-refractivity contribution in [1.82, 2.24) is 4.90 Å². The number of nitrogens with one attached hydrogen (secondary N) is 1. The fraction of sp³-hybridized carbons (Fsp3) is 0.300. The summed E-state index contributed by atoms with van der Waals surface area (Å²) in [4.78, 5) is 26.9. The van der Waals surface area contributed by atoms with Crippen LogP contribution in [0.3, 0.4) is 0 Å². The summed E-state index contributed by atoms with van der Waals surface area (Å²) < 4.78 is 0. The van der Waals surface area contributed by atoms with E-state index in [0.29, 0.717) is 18.7 Å².